The largest absolute Gasteiger partial charge is 0.530 e. The zero-order valence-corrected chi connectivity index (χ0v) is 11.4. The maximum atomic E-state index is 12.4. The average molecular weight is 324 g/mol. The highest BCUT2D eigenvalue weighted by Gasteiger charge is 2.34. The van der Waals surface area contributed by atoms with Crippen LogP contribution in [0.15, 0.2) is 6.07 Å². The van der Waals surface area contributed by atoms with Crippen LogP contribution in [0.2, 0.25) is 5.02 Å². The molecule has 10 heteroatoms. The van der Waals surface area contributed by atoms with Gasteiger partial charge in [0.25, 0.3) is 0 Å². The number of rotatable bonds is 2. The van der Waals surface area contributed by atoms with Crippen LogP contribution in [0.4, 0.5) is 23.8 Å². The highest BCUT2D eigenvalue weighted by Crippen LogP contribution is 2.31. The number of nitrogens with one attached hydrogen (secondary N) is 1. The molecular formula is C11H11ClF3N4O2-. The molecule has 0 unspecified atom stereocenters. The molecule has 1 N–H and O–H groups in total. The van der Waals surface area contributed by atoms with Gasteiger partial charge in [-0.3, -0.25) is 0 Å². The molecule has 116 valence electrons. The Bertz CT molecular complexity index is 533. The van der Waals surface area contributed by atoms with Gasteiger partial charge in [0.1, 0.15) is 6.09 Å². The first kappa shape index (κ1) is 15.6. The molecule has 0 saturated carbocycles. The zero-order chi connectivity index (χ0) is 15.6. The molecule has 1 amide bonds. The quantitative estimate of drug-likeness (QED) is 0.889. The third kappa shape index (κ3) is 3.87. The van der Waals surface area contributed by atoms with Crippen LogP contribution in [-0.4, -0.2) is 40.3 Å². The maximum Gasteiger partial charge on any atom is 0.435 e. The Hall–Kier alpha value is -1.77. The van der Waals surface area contributed by atoms with Gasteiger partial charge in [0.05, 0.1) is 5.02 Å². The van der Waals surface area contributed by atoms with Crippen LogP contribution in [0, 0.1) is 0 Å². The molecule has 0 aliphatic carbocycles. The number of nitrogens with zero attached hydrogens (tertiary/aromatic N) is 3. The van der Waals surface area contributed by atoms with Crippen molar-refractivity contribution in [3.8, 4) is 0 Å². The number of piperidine rings is 1. The Morgan fingerprint density at radius 1 is 1.38 bits per heavy atom. The maximum absolute atomic E-state index is 12.4. The topological polar surface area (TPSA) is 81.2 Å². The van der Waals surface area contributed by atoms with Crippen molar-refractivity contribution in [3.63, 3.8) is 0 Å². The number of carboxylic acid groups (broad SMARTS) is 1. The Morgan fingerprint density at radius 3 is 2.48 bits per heavy atom. The van der Waals surface area contributed by atoms with E-state index < -0.39 is 18.0 Å². The molecule has 0 atom stereocenters. The number of alkyl halides is 3. The number of aromatic nitrogens is 2. The molecule has 1 aromatic heterocycles. The minimum Gasteiger partial charge on any atom is -0.530 e. The summed E-state index contributed by atoms with van der Waals surface area (Å²) in [6.45, 7) is 0.567. The van der Waals surface area contributed by atoms with E-state index in [-0.39, 0.29) is 30.0 Å². The van der Waals surface area contributed by atoms with Crippen molar-refractivity contribution in [1.82, 2.24) is 15.1 Å². The average Bonchev–Trinajstić information content (AvgIpc) is 2.40. The fourth-order valence-electron chi connectivity index (χ4n) is 2.00. The Balaban J connectivity index is 2.00. The monoisotopic (exact) mass is 323 g/mol. The molecule has 0 radical (unpaired) electrons. The highest BCUT2D eigenvalue weighted by atomic mass is 35.5. The molecular weight excluding hydrogens is 313 g/mol. The summed E-state index contributed by atoms with van der Waals surface area (Å²) in [5.41, 5.74) is -1.16. The van der Waals surface area contributed by atoms with Crippen molar-refractivity contribution < 1.29 is 23.1 Å². The molecule has 0 aromatic carbocycles. The van der Waals surface area contributed by atoms with E-state index in [1.54, 1.807) is 0 Å². The van der Waals surface area contributed by atoms with Gasteiger partial charge in [0.2, 0.25) is 0 Å². The number of hydrogen-bond acceptors (Lipinski definition) is 5. The van der Waals surface area contributed by atoms with E-state index in [4.69, 9.17) is 11.6 Å². The smallest absolute Gasteiger partial charge is 0.435 e. The second-order valence-electron chi connectivity index (χ2n) is 4.60. The first-order valence-corrected chi connectivity index (χ1v) is 6.48. The van der Waals surface area contributed by atoms with Crippen LogP contribution in [-0.2, 0) is 6.18 Å². The van der Waals surface area contributed by atoms with E-state index >= 15 is 0 Å². The van der Waals surface area contributed by atoms with Gasteiger partial charge in [-0.05, 0) is 18.9 Å². The van der Waals surface area contributed by atoms with Gasteiger partial charge in [0, 0.05) is 19.1 Å². The van der Waals surface area contributed by atoms with Gasteiger partial charge in [-0.1, -0.05) is 11.6 Å². The molecule has 1 fully saturated rings. The van der Waals surface area contributed by atoms with Crippen molar-refractivity contribution in [2.24, 2.45) is 0 Å². The van der Waals surface area contributed by atoms with E-state index in [1.807, 2.05) is 0 Å². The first-order chi connectivity index (χ1) is 9.77. The summed E-state index contributed by atoms with van der Waals surface area (Å²) in [5, 5.41) is 19.9. The van der Waals surface area contributed by atoms with Crippen LogP contribution in [0.1, 0.15) is 18.5 Å². The molecule has 6 nitrogen and oxygen atoms in total. The predicted octanol–water partition coefficient (Wildman–Crippen LogP) is 1.37. The van der Waals surface area contributed by atoms with Crippen molar-refractivity contribution in [2.45, 2.75) is 25.1 Å². The third-order valence-electron chi connectivity index (χ3n) is 3.13. The minimum absolute atomic E-state index is 0.0524. The molecule has 1 aliphatic rings. The van der Waals surface area contributed by atoms with E-state index in [0.717, 1.165) is 4.90 Å². The number of hydrogen-bond donors (Lipinski definition) is 1. The first-order valence-electron chi connectivity index (χ1n) is 6.10. The second-order valence-corrected chi connectivity index (χ2v) is 5.00. The summed E-state index contributed by atoms with van der Waals surface area (Å²) < 4.78 is 37.3. The summed E-state index contributed by atoms with van der Waals surface area (Å²) in [6, 6.07) is 0.567. The molecule has 2 rings (SSSR count). The highest BCUT2D eigenvalue weighted by molar-refractivity contribution is 6.32. The lowest BCUT2D eigenvalue weighted by Crippen LogP contribution is -2.47. The molecule has 0 bridgehead atoms. The number of likely N-dealkylation sites (tertiary alicyclic amines) is 1. The van der Waals surface area contributed by atoms with Crippen molar-refractivity contribution in [3.05, 3.63) is 16.8 Å². The van der Waals surface area contributed by atoms with Crippen molar-refractivity contribution >= 4 is 23.5 Å². The van der Waals surface area contributed by atoms with Crippen LogP contribution in [0.3, 0.4) is 0 Å². The lowest BCUT2D eigenvalue weighted by molar-refractivity contribution is -0.266. The van der Waals surface area contributed by atoms with E-state index in [0.29, 0.717) is 18.9 Å². The van der Waals surface area contributed by atoms with Crippen molar-refractivity contribution in [1.29, 1.82) is 0 Å². The molecule has 1 aliphatic heterocycles. The summed E-state index contributed by atoms with van der Waals surface area (Å²) in [4.78, 5) is 11.8. The molecule has 1 saturated heterocycles. The number of anilines is 1. The Labute approximate surface area is 122 Å². The summed E-state index contributed by atoms with van der Waals surface area (Å²) in [7, 11) is 0. The fraction of sp³-hybridized carbons (Fsp3) is 0.545. The van der Waals surface area contributed by atoms with Crippen molar-refractivity contribution in [2.75, 3.05) is 18.4 Å². The molecule has 0 spiro atoms. The van der Waals surface area contributed by atoms with Crippen LogP contribution < -0.4 is 10.4 Å². The lowest BCUT2D eigenvalue weighted by atomic mass is 10.1. The normalized spacial score (nSPS) is 16.9. The molecule has 21 heavy (non-hydrogen) atoms. The zero-order valence-electron chi connectivity index (χ0n) is 10.7. The van der Waals surface area contributed by atoms with Crippen LogP contribution in [0.25, 0.3) is 0 Å². The van der Waals surface area contributed by atoms with Gasteiger partial charge in [-0.15, -0.1) is 10.2 Å². The van der Waals surface area contributed by atoms with Gasteiger partial charge in [-0.2, -0.15) is 13.2 Å². The standard InChI is InChI=1S/C11H12ClF3N4O2/c12-7-5-8(11(13,14)15)17-18-9(7)16-6-1-3-19(4-2-6)10(20)21/h5-6H,1-4H2,(H,16,18)(H,20,21)/p-1. The number of halogens is 4. The van der Waals surface area contributed by atoms with Gasteiger partial charge in [-0.25, -0.2) is 0 Å². The van der Waals surface area contributed by atoms with Gasteiger partial charge >= 0.3 is 6.18 Å². The minimum atomic E-state index is -4.60. The number of amides is 1. The molecule has 2 heterocycles. The van der Waals surface area contributed by atoms with Gasteiger partial charge < -0.3 is 20.1 Å². The Morgan fingerprint density at radius 2 is 2.00 bits per heavy atom. The second kappa shape index (κ2) is 5.92. The summed E-state index contributed by atoms with van der Waals surface area (Å²) in [6.07, 6.45) is -4.88. The Kier molecular flexibility index (Phi) is 4.40. The van der Waals surface area contributed by atoms with Gasteiger partial charge in [0.15, 0.2) is 11.5 Å². The van der Waals surface area contributed by atoms with E-state index in [9.17, 15) is 23.1 Å². The number of carbonyl (C=O) groups excluding carboxylic acids is 1. The summed E-state index contributed by atoms with van der Waals surface area (Å²) in [5.74, 6) is 0.0524. The van der Waals surface area contributed by atoms with E-state index in [1.165, 1.54) is 0 Å². The SMILES string of the molecule is O=C([O-])N1CCC(Nc2nnc(C(F)(F)F)cc2Cl)CC1. The van der Waals surface area contributed by atoms with Crippen LogP contribution >= 0.6 is 11.6 Å². The van der Waals surface area contributed by atoms with Crippen LogP contribution in [0.5, 0.6) is 0 Å². The predicted molar refractivity (Wildman–Crippen MR) is 65.7 cm³/mol. The number of carbonyl (C=O) groups is 1. The summed E-state index contributed by atoms with van der Waals surface area (Å²) >= 11 is 5.75. The van der Waals surface area contributed by atoms with E-state index in [2.05, 4.69) is 15.5 Å². The third-order valence-corrected chi connectivity index (χ3v) is 3.42. The molecule has 1 aromatic rings. The fourth-order valence-corrected chi connectivity index (χ4v) is 2.20. The lowest BCUT2D eigenvalue weighted by Gasteiger charge is -2.34.